The minimum atomic E-state index is -1.03. The molecule has 0 unspecified atom stereocenters. The van der Waals surface area contributed by atoms with Crippen molar-refractivity contribution < 1.29 is 14.2 Å². The summed E-state index contributed by atoms with van der Waals surface area (Å²) in [5, 5.41) is 9.95. The lowest BCUT2D eigenvalue weighted by atomic mass is 9.75. The topological polar surface area (TPSA) is 29.5 Å². The van der Waals surface area contributed by atoms with E-state index < -0.39 is 11.4 Å². The number of aliphatic hydroxyl groups is 1. The smallest absolute Gasteiger partial charge is 0.151 e. The van der Waals surface area contributed by atoms with Gasteiger partial charge in [0, 0.05) is 5.56 Å². The largest absolute Gasteiger partial charge is 0.495 e. The van der Waals surface area contributed by atoms with E-state index in [1.807, 2.05) is 0 Å². The molecule has 82 valence electrons. The fourth-order valence-corrected chi connectivity index (χ4v) is 2.07. The summed E-state index contributed by atoms with van der Waals surface area (Å²) in [6.45, 7) is 0. The van der Waals surface area contributed by atoms with Gasteiger partial charge in [0.1, 0.15) is 10.8 Å². The molecule has 1 aliphatic carbocycles. The summed E-state index contributed by atoms with van der Waals surface area (Å²) >= 11 is 5.77. The normalized spacial score (nSPS) is 18.4. The number of methoxy groups -OCH3 is 1. The maximum atomic E-state index is 13.8. The maximum absolute atomic E-state index is 13.8. The van der Waals surface area contributed by atoms with Gasteiger partial charge in [0.25, 0.3) is 0 Å². The molecule has 15 heavy (non-hydrogen) atoms. The van der Waals surface area contributed by atoms with Gasteiger partial charge in [-0.25, -0.2) is 4.39 Å². The zero-order valence-electron chi connectivity index (χ0n) is 8.39. The Bertz CT molecular complexity index is 388. The van der Waals surface area contributed by atoms with Gasteiger partial charge in [-0.1, -0.05) is 11.6 Å². The monoisotopic (exact) mass is 230 g/mol. The first-order chi connectivity index (χ1) is 7.08. The highest BCUT2D eigenvalue weighted by atomic mass is 35.5. The van der Waals surface area contributed by atoms with Crippen LogP contribution in [0.15, 0.2) is 12.1 Å². The molecule has 1 aromatic carbocycles. The standard InChI is InChI=1S/C11H12ClFO2/c1-15-8-4-3-7(10(13)9(8)12)11(14)5-2-6-11/h3-4,14H,2,5-6H2,1H3. The van der Waals surface area contributed by atoms with E-state index in [1.54, 1.807) is 12.1 Å². The quantitative estimate of drug-likeness (QED) is 0.847. The van der Waals surface area contributed by atoms with Crippen LogP contribution in [0.2, 0.25) is 5.02 Å². The van der Waals surface area contributed by atoms with Crippen LogP contribution >= 0.6 is 11.6 Å². The molecule has 2 nitrogen and oxygen atoms in total. The molecule has 1 aromatic rings. The van der Waals surface area contributed by atoms with Crippen molar-refractivity contribution in [3.05, 3.63) is 28.5 Å². The fraction of sp³-hybridized carbons (Fsp3) is 0.455. The first kappa shape index (κ1) is 10.7. The van der Waals surface area contributed by atoms with Crippen molar-refractivity contribution in [3.63, 3.8) is 0 Å². The maximum Gasteiger partial charge on any atom is 0.151 e. The van der Waals surface area contributed by atoms with Crippen LogP contribution in [0.3, 0.4) is 0 Å². The van der Waals surface area contributed by atoms with Crippen molar-refractivity contribution in [3.8, 4) is 5.75 Å². The van der Waals surface area contributed by atoms with Crippen LogP contribution in [-0.4, -0.2) is 12.2 Å². The van der Waals surface area contributed by atoms with E-state index in [2.05, 4.69) is 0 Å². The Hall–Kier alpha value is -0.800. The van der Waals surface area contributed by atoms with Gasteiger partial charge in [-0.3, -0.25) is 0 Å². The predicted octanol–water partition coefficient (Wildman–Crippen LogP) is 2.86. The van der Waals surface area contributed by atoms with Crippen LogP contribution in [-0.2, 0) is 5.60 Å². The number of hydrogen-bond donors (Lipinski definition) is 1. The Morgan fingerprint density at radius 2 is 2.13 bits per heavy atom. The second kappa shape index (κ2) is 3.65. The number of benzene rings is 1. The van der Waals surface area contributed by atoms with Crippen molar-refractivity contribution in [1.29, 1.82) is 0 Å². The molecule has 2 rings (SSSR count). The lowest BCUT2D eigenvalue weighted by Crippen LogP contribution is -2.34. The average molecular weight is 231 g/mol. The molecule has 1 fully saturated rings. The third-order valence-electron chi connectivity index (χ3n) is 2.95. The minimum absolute atomic E-state index is 0.0599. The van der Waals surface area contributed by atoms with Crippen molar-refractivity contribution in [2.75, 3.05) is 7.11 Å². The van der Waals surface area contributed by atoms with Gasteiger partial charge < -0.3 is 9.84 Å². The van der Waals surface area contributed by atoms with E-state index in [9.17, 15) is 9.50 Å². The molecule has 0 spiro atoms. The van der Waals surface area contributed by atoms with Gasteiger partial charge in [0.2, 0.25) is 0 Å². The van der Waals surface area contributed by atoms with Crippen LogP contribution in [0.1, 0.15) is 24.8 Å². The first-order valence-corrected chi connectivity index (χ1v) is 5.21. The Kier molecular flexibility index (Phi) is 2.61. The zero-order chi connectivity index (χ0) is 11.1. The van der Waals surface area contributed by atoms with Crippen molar-refractivity contribution in [1.82, 2.24) is 0 Å². The fourth-order valence-electron chi connectivity index (χ4n) is 1.83. The van der Waals surface area contributed by atoms with Crippen molar-refractivity contribution in [2.24, 2.45) is 0 Å². The summed E-state index contributed by atoms with van der Waals surface area (Å²) in [6, 6.07) is 3.12. The van der Waals surface area contributed by atoms with E-state index >= 15 is 0 Å². The zero-order valence-corrected chi connectivity index (χ0v) is 9.14. The Morgan fingerprint density at radius 3 is 2.60 bits per heavy atom. The molecule has 0 aliphatic heterocycles. The molecular formula is C11H12ClFO2. The molecule has 0 radical (unpaired) electrons. The average Bonchev–Trinajstić information content (AvgIpc) is 2.19. The summed E-state index contributed by atoms with van der Waals surface area (Å²) in [6.07, 6.45) is 2.10. The molecule has 1 saturated carbocycles. The minimum Gasteiger partial charge on any atom is -0.495 e. The number of halogens is 2. The molecule has 0 amide bonds. The Morgan fingerprint density at radius 1 is 1.47 bits per heavy atom. The van der Waals surface area contributed by atoms with E-state index in [-0.39, 0.29) is 10.6 Å². The van der Waals surface area contributed by atoms with Crippen LogP contribution in [0.5, 0.6) is 5.75 Å². The lowest BCUT2D eigenvalue weighted by Gasteiger charge is -2.37. The van der Waals surface area contributed by atoms with E-state index in [4.69, 9.17) is 16.3 Å². The van der Waals surface area contributed by atoms with Crippen molar-refractivity contribution in [2.45, 2.75) is 24.9 Å². The summed E-state index contributed by atoms with van der Waals surface area (Å²) in [7, 11) is 1.43. The van der Waals surface area contributed by atoms with Crippen LogP contribution < -0.4 is 4.74 Å². The number of ether oxygens (including phenoxy) is 1. The first-order valence-electron chi connectivity index (χ1n) is 4.83. The van der Waals surface area contributed by atoms with Crippen molar-refractivity contribution >= 4 is 11.6 Å². The summed E-state index contributed by atoms with van der Waals surface area (Å²) in [5.41, 5.74) is -0.750. The van der Waals surface area contributed by atoms with Gasteiger partial charge in [-0.05, 0) is 31.4 Å². The molecule has 0 atom stereocenters. The molecule has 1 aliphatic rings. The van der Waals surface area contributed by atoms with Crippen LogP contribution in [0.25, 0.3) is 0 Å². The third-order valence-corrected chi connectivity index (χ3v) is 3.30. The number of rotatable bonds is 2. The highest BCUT2D eigenvalue weighted by Crippen LogP contribution is 2.44. The van der Waals surface area contributed by atoms with Crippen LogP contribution in [0, 0.1) is 5.82 Å². The Balaban J connectivity index is 2.46. The number of hydrogen-bond acceptors (Lipinski definition) is 2. The highest BCUT2D eigenvalue weighted by molar-refractivity contribution is 6.32. The molecular weight excluding hydrogens is 219 g/mol. The molecule has 0 aromatic heterocycles. The van der Waals surface area contributed by atoms with E-state index in [0.29, 0.717) is 18.6 Å². The molecule has 4 heteroatoms. The van der Waals surface area contributed by atoms with Crippen LogP contribution in [0.4, 0.5) is 4.39 Å². The molecule has 0 bridgehead atoms. The highest BCUT2D eigenvalue weighted by Gasteiger charge is 2.39. The second-order valence-corrected chi connectivity index (χ2v) is 4.21. The van der Waals surface area contributed by atoms with Gasteiger partial charge >= 0.3 is 0 Å². The SMILES string of the molecule is COc1ccc(C2(O)CCC2)c(F)c1Cl. The second-order valence-electron chi connectivity index (χ2n) is 3.83. The van der Waals surface area contributed by atoms with E-state index in [1.165, 1.54) is 7.11 Å². The molecule has 0 saturated heterocycles. The van der Waals surface area contributed by atoms with Gasteiger partial charge in [0.05, 0.1) is 12.7 Å². The molecule has 0 heterocycles. The lowest BCUT2D eigenvalue weighted by molar-refractivity contribution is -0.0416. The molecule has 1 N–H and O–H groups in total. The Labute approximate surface area is 92.6 Å². The third kappa shape index (κ3) is 1.60. The summed E-state index contributed by atoms with van der Waals surface area (Å²) < 4.78 is 18.7. The summed E-state index contributed by atoms with van der Waals surface area (Å²) in [4.78, 5) is 0. The summed E-state index contributed by atoms with van der Waals surface area (Å²) in [5.74, 6) is -0.279. The predicted molar refractivity (Wildman–Crippen MR) is 55.7 cm³/mol. The van der Waals surface area contributed by atoms with Gasteiger partial charge in [-0.2, -0.15) is 0 Å². The van der Waals surface area contributed by atoms with Gasteiger partial charge in [0.15, 0.2) is 5.82 Å². The van der Waals surface area contributed by atoms with Gasteiger partial charge in [-0.15, -0.1) is 0 Å². The van der Waals surface area contributed by atoms with E-state index in [0.717, 1.165) is 6.42 Å².